The highest BCUT2D eigenvalue weighted by molar-refractivity contribution is 7.71. The van der Waals surface area contributed by atoms with E-state index in [0.717, 1.165) is 0 Å². The fourth-order valence-corrected chi connectivity index (χ4v) is 2.91. The predicted octanol–water partition coefficient (Wildman–Crippen LogP) is 5.81. The number of ether oxygens (including phenoxy) is 3. The van der Waals surface area contributed by atoms with Gasteiger partial charge in [0.1, 0.15) is 5.75 Å². The Morgan fingerprint density at radius 3 is 1.71 bits per heavy atom. The molecule has 0 amide bonds. The highest BCUT2D eigenvalue weighted by Gasteiger charge is 2.40. The monoisotopic (exact) mass is 498 g/mol. The largest absolute Gasteiger partial charge is 0.444 e. The van der Waals surface area contributed by atoms with Gasteiger partial charge >= 0.3 is 25.2 Å². The van der Waals surface area contributed by atoms with Crippen molar-refractivity contribution in [2.24, 2.45) is 10.8 Å². The molecule has 1 rings (SSSR count). The number of benzene rings is 1. The average Bonchev–Trinajstić information content (AvgIpc) is 2.62. The molecule has 0 unspecified atom stereocenters. The van der Waals surface area contributed by atoms with Crippen molar-refractivity contribution in [1.29, 1.82) is 0 Å². The van der Waals surface area contributed by atoms with Crippen molar-refractivity contribution in [3.05, 3.63) is 28.2 Å². The van der Waals surface area contributed by atoms with Crippen LogP contribution < -0.4 is 4.74 Å². The molecule has 174 valence electrons. The summed E-state index contributed by atoms with van der Waals surface area (Å²) in [5.41, 5.74) is -3.20. The topological polar surface area (TPSA) is 114 Å². The van der Waals surface area contributed by atoms with Gasteiger partial charge in [0.25, 0.3) is 0 Å². The van der Waals surface area contributed by atoms with E-state index in [1.807, 2.05) is 0 Å². The van der Waals surface area contributed by atoms with Crippen LogP contribution in [-0.4, -0.2) is 31.2 Å². The maximum absolute atomic E-state index is 13.0. The quantitative estimate of drug-likeness (QED) is 0.248. The Labute approximate surface area is 190 Å². The van der Waals surface area contributed by atoms with Gasteiger partial charge in [-0.1, -0.05) is 23.2 Å². The lowest BCUT2D eigenvalue weighted by Crippen LogP contribution is -2.25. The minimum atomic E-state index is -4.73. The number of rotatable bonds is 8. The summed E-state index contributed by atoms with van der Waals surface area (Å²) >= 11 is 11.7. The lowest BCUT2D eigenvalue weighted by molar-refractivity contribution is -0.161. The molecule has 1 aromatic carbocycles. The van der Waals surface area contributed by atoms with E-state index >= 15 is 0 Å². The zero-order valence-electron chi connectivity index (χ0n) is 18.0. The van der Waals surface area contributed by atoms with E-state index in [0.29, 0.717) is 0 Å². The van der Waals surface area contributed by atoms with E-state index in [2.05, 4.69) is 0 Å². The predicted molar refractivity (Wildman–Crippen MR) is 113 cm³/mol. The van der Waals surface area contributed by atoms with Gasteiger partial charge in [-0.3, -0.25) is 18.6 Å². The summed E-state index contributed by atoms with van der Waals surface area (Å²) in [5.74, 6) is -1.51. The standard InChI is InChI=1S/C19H25Cl2O9P/c1-18(2,3)15(22)26-10-28-31(25,29-11-27-16(23)19(4,5)6)17(24)30-14-8-7-12(20)9-13(14)21/h7-9H,10-11H2,1-6H3. The molecular formula is C19H25Cl2O9P. The first-order chi connectivity index (χ1) is 14.1. The minimum absolute atomic E-state index is 0.0364. The maximum Gasteiger partial charge on any atom is 0.444 e. The van der Waals surface area contributed by atoms with Crippen LogP contribution in [0.2, 0.25) is 10.0 Å². The Bertz CT molecular complexity index is 836. The lowest BCUT2D eigenvalue weighted by Gasteiger charge is -2.21. The minimum Gasteiger partial charge on any atom is -0.438 e. The summed E-state index contributed by atoms with van der Waals surface area (Å²) in [6, 6.07) is 3.96. The Morgan fingerprint density at radius 1 is 0.871 bits per heavy atom. The highest BCUT2D eigenvalue weighted by atomic mass is 35.5. The van der Waals surface area contributed by atoms with Crippen molar-refractivity contribution in [2.75, 3.05) is 13.6 Å². The normalized spacial score (nSPS) is 12.3. The molecule has 0 saturated carbocycles. The summed E-state index contributed by atoms with van der Waals surface area (Å²) in [4.78, 5) is 36.2. The third-order valence-electron chi connectivity index (χ3n) is 3.36. The van der Waals surface area contributed by atoms with Crippen LogP contribution >= 0.6 is 30.8 Å². The van der Waals surface area contributed by atoms with Crippen LogP contribution in [0.25, 0.3) is 0 Å². The molecule has 0 fully saturated rings. The van der Waals surface area contributed by atoms with Gasteiger partial charge in [-0.25, -0.2) is 9.36 Å². The highest BCUT2D eigenvalue weighted by Crippen LogP contribution is 2.50. The molecule has 0 bridgehead atoms. The molecule has 0 radical (unpaired) electrons. The van der Waals surface area contributed by atoms with E-state index in [1.165, 1.54) is 18.2 Å². The van der Waals surface area contributed by atoms with E-state index < -0.39 is 49.7 Å². The van der Waals surface area contributed by atoms with Gasteiger partial charge in [0.15, 0.2) is 0 Å². The van der Waals surface area contributed by atoms with Gasteiger partial charge in [-0.2, -0.15) is 0 Å². The van der Waals surface area contributed by atoms with Crippen LogP contribution in [0.5, 0.6) is 5.75 Å². The first-order valence-corrected chi connectivity index (χ1v) is 11.3. The number of esters is 2. The summed E-state index contributed by atoms with van der Waals surface area (Å²) < 4.78 is 37.5. The van der Waals surface area contributed by atoms with Gasteiger partial charge in [-0.15, -0.1) is 0 Å². The van der Waals surface area contributed by atoms with Gasteiger partial charge in [0.05, 0.1) is 15.9 Å². The molecule has 0 aromatic heterocycles. The number of hydrogen-bond acceptors (Lipinski definition) is 9. The first kappa shape index (κ1) is 27.4. The van der Waals surface area contributed by atoms with Gasteiger partial charge in [0.2, 0.25) is 13.6 Å². The van der Waals surface area contributed by atoms with E-state index in [4.69, 9.17) is 46.5 Å². The third kappa shape index (κ3) is 8.79. The number of carbonyl (C=O) groups excluding carboxylic acids is 3. The lowest BCUT2D eigenvalue weighted by atomic mass is 9.98. The molecule has 0 saturated heterocycles. The Balaban J connectivity index is 2.94. The number of halogens is 2. The number of carbonyl (C=O) groups is 3. The van der Waals surface area contributed by atoms with E-state index in [1.54, 1.807) is 41.5 Å². The Hall–Kier alpha value is -1.64. The Morgan fingerprint density at radius 2 is 1.32 bits per heavy atom. The van der Waals surface area contributed by atoms with Gasteiger partial charge in [-0.05, 0) is 59.7 Å². The zero-order valence-corrected chi connectivity index (χ0v) is 20.4. The smallest absolute Gasteiger partial charge is 0.438 e. The molecule has 0 atom stereocenters. The summed E-state index contributed by atoms with van der Waals surface area (Å²) in [5, 5.41) is 0.245. The molecule has 31 heavy (non-hydrogen) atoms. The molecule has 0 aliphatic carbocycles. The molecule has 12 heteroatoms. The van der Waals surface area contributed by atoms with Crippen molar-refractivity contribution in [3.8, 4) is 5.75 Å². The van der Waals surface area contributed by atoms with Crippen molar-refractivity contribution in [2.45, 2.75) is 41.5 Å². The Kier molecular flexibility index (Phi) is 9.53. The molecule has 9 nitrogen and oxygen atoms in total. The SMILES string of the molecule is CC(C)(C)C(=O)OCOP(=O)(OCOC(=O)C(C)(C)C)C(=O)Oc1ccc(Cl)cc1Cl. The van der Waals surface area contributed by atoms with Crippen LogP contribution in [0.15, 0.2) is 18.2 Å². The molecule has 0 spiro atoms. The summed E-state index contributed by atoms with van der Waals surface area (Å²) in [6.45, 7) is 7.81. The molecular weight excluding hydrogens is 474 g/mol. The van der Waals surface area contributed by atoms with Crippen LogP contribution in [0.1, 0.15) is 41.5 Å². The van der Waals surface area contributed by atoms with Crippen molar-refractivity contribution >= 4 is 48.4 Å². The molecule has 1 aromatic rings. The fraction of sp³-hybridized carbons (Fsp3) is 0.526. The summed E-state index contributed by atoms with van der Waals surface area (Å²) in [7, 11) is -4.73. The van der Waals surface area contributed by atoms with Crippen LogP contribution in [0, 0.1) is 10.8 Å². The van der Waals surface area contributed by atoms with E-state index in [9.17, 15) is 18.9 Å². The van der Waals surface area contributed by atoms with Crippen molar-refractivity contribution in [3.63, 3.8) is 0 Å². The molecule has 0 heterocycles. The van der Waals surface area contributed by atoms with E-state index in [-0.39, 0.29) is 15.8 Å². The average molecular weight is 499 g/mol. The first-order valence-electron chi connectivity index (χ1n) is 8.97. The van der Waals surface area contributed by atoms with Gasteiger partial charge < -0.3 is 14.2 Å². The van der Waals surface area contributed by atoms with Crippen LogP contribution in [0.3, 0.4) is 0 Å². The second-order valence-corrected chi connectivity index (χ2v) is 11.0. The molecule has 0 aliphatic heterocycles. The van der Waals surface area contributed by atoms with Crippen molar-refractivity contribution < 1.29 is 42.2 Å². The second-order valence-electron chi connectivity index (χ2n) is 8.30. The zero-order chi connectivity index (χ0) is 24.0. The van der Waals surface area contributed by atoms with Crippen LogP contribution in [-0.2, 0) is 32.7 Å². The summed E-state index contributed by atoms with van der Waals surface area (Å²) in [6.07, 6.45) is 0. The van der Waals surface area contributed by atoms with Crippen molar-refractivity contribution in [1.82, 2.24) is 0 Å². The number of hydrogen-bond donors (Lipinski definition) is 0. The second kappa shape index (κ2) is 10.8. The maximum atomic E-state index is 13.0. The molecule has 0 N–H and O–H groups in total. The fourth-order valence-electron chi connectivity index (χ4n) is 1.58. The molecule has 0 aliphatic rings. The third-order valence-corrected chi connectivity index (χ3v) is 5.32. The van der Waals surface area contributed by atoms with Gasteiger partial charge in [0, 0.05) is 5.02 Å². The van der Waals surface area contributed by atoms with Crippen LogP contribution in [0.4, 0.5) is 4.79 Å².